The van der Waals surface area contributed by atoms with Crippen molar-refractivity contribution in [3.63, 3.8) is 0 Å². The number of rotatable bonds is 6. The first-order chi connectivity index (χ1) is 15.9. The van der Waals surface area contributed by atoms with Crippen LogP contribution in [0.4, 0.5) is 4.79 Å². The number of carbonyl (C=O) groups is 1. The molecular formula is C25H32N2O6. The molecule has 3 aliphatic carbocycles. The summed E-state index contributed by atoms with van der Waals surface area (Å²) in [6, 6.07) is 3.41. The molecule has 1 saturated carbocycles. The first-order valence-corrected chi connectivity index (χ1v) is 12.0. The molecule has 5 atom stereocenters. The number of phenolic OH excluding ortho intramolecular Hbond substituents is 1. The Hall–Kier alpha value is -2.29. The molecule has 2 fully saturated rings. The van der Waals surface area contributed by atoms with Gasteiger partial charge in [0.05, 0.1) is 23.7 Å². The molecule has 2 N–H and O–H groups in total. The summed E-state index contributed by atoms with van der Waals surface area (Å²) in [6.45, 7) is 2.31. The van der Waals surface area contributed by atoms with Gasteiger partial charge < -0.3 is 29.3 Å². The van der Waals surface area contributed by atoms with E-state index in [0.29, 0.717) is 31.1 Å². The van der Waals surface area contributed by atoms with Crippen LogP contribution in [0.3, 0.4) is 0 Å². The van der Waals surface area contributed by atoms with Crippen molar-refractivity contribution in [2.75, 3.05) is 40.5 Å². The number of benzene rings is 1. The van der Waals surface area contributed by atoms with E-state index in [1.807, 2.05) is 6.07 Å². The van der Waals surface area contributed by atoms with Gasteiger partial charge in [-0.2, -0.15) is 0 Å². The highest BCUT2D eigenvalue weighted by Crippen LogP contribution is 2.65. The van der Waals surface area contributed by atoms with Gasteiger partial charge in [-0.1, -0.05) is 18.2 Å². The van der Waals surface area contributed by atoms with Gasteiger partial charge in [0.1, 0.15) is 12.7 Å². The Morgan fingerprint density at radius 2 is 2.12 bits per heavy atom. The predicted octanol–water partition coefficient (Wildman–Crippen LogP) is 1.82. The predicted molar refractivity (Wildman–Crippen MR) is 119 cm³/mol. The number of ether oxygens (including phenoxy) is 3. The van der Waals surface area contributed by atoms with Crippen LogP contribution in [0, 0.1) is 5.92 Å². The molecule has 5 aliphatic rings. The van der Waals surface area contributed by atoms with Crippen molar-refractivity contribution in [1.29, 1.82) is 0 Å². The highest BCUT2D eigenvalue weighted by Gasteiger charge is 2.73. The lowest BCUT2D eigenvalue weighted by molar-refractivity contribution is -0.197. The lowest BCUT2D eigenvalue weighted by Gasteiger charge is -2.64. The van der Waals surface area contributed by atoms with Crippen molar-refractivity contribution in [2.45, 2.75) is 54.9 Å². The number of likely N-dealkylation sites (tertiary alicyclic amines) is 1. The maximum absolute atomic E-state index is 12.8. The molecule has 0 aromatic heterocycles. The number of phenols is 1. The maximum atomic E-state index is 12.8. The Labute approximate surface area is 193 Å². The molecule has 1 unspecified atom stereocenters. The second-order valence-electron chi connectivity index (χ2n) is 10.2. The molecule has 8 heteroatoms. The lowest BCUT2D eigenvalue weighted by atomic mass is 9.48. The molecule has 178 valence electrons. The van der Waals surface area contributed by atoms with Crippen LogP contribution in [0.15, 0.2) is 24.3 Å². The standard InChI is InChI=1S/C25H32N2O6/c1-26(23(29)32-12-11-31-2)17-7-8-25(30)19-13-16-5-6-18(28)21-20(16)24(25,22(17)33-21)9-10-27(19)14-15-3-4-15/h3-6,15,17,19,22,28,30H,7-14H2,1-2H3/t17-,19+,22-,24-,25?/m0/s1. The number of likely N-dealkylation sites (N-methyl/N-ethyl adjacent to an activating group) is 1. The Bertz CT molecular complexity index is 1010. The third kappa shape index (κ3) is 2.83. The second kappa shape index (κ2) is 7.35. The molecule has 0 radical (unpaired) electrons. The fourth-order valence-corrected chi connectivity index (χ4v) is 7.14. The van der Waals surface area contributed by atoms with E-state index in [0.717, 1.165) is 37.1 Å². The van der Waals surface area contributed by atoms with E-state index in [9.17, 15) is 15.0 Å². The number of carbonyl (C=O) groups excluding carboxylic acids is 1. The zero-order valence-electron chi connectivity index (χ0n) is 19.2. The molecule has 1 aromatic rings. The van der Waals surface area contributed by atoms with E-state index in [4.69, 9.17) is 14.2 Å². The fraction of sp³-hybridized carbons (Fsp3) is 0.640. The largest absolute Gasteiger partial charge is 0.504 e. The minimum Gasteiger partial charge on any atom is -0.504 e. The van der Waals surface area contributed by atoms with Crippen LogP contribution in [-0.4, -0.2) is 90.4 Å². The van der Waals surface area contributed by atoms with Crippen molar-refractivity contribution >= 4 is 6.09 Å². The number of aromatic hydroxyl groups is 1. The van der Waals surface area contributed by atoms with E-state index in [-0.39, 0.29) is 24.4 Å². The zero-order chi connectivity index (χ0) is 23.0. The fourth-order valence-electron chi connectivity index (χ4n) is 7.14. The van der Waals surface area contributed by atoms with Crippen LogP contribution in [0.1, 0.15) is 30.4 Å². The Balaban J connectivity index is 1.39. The van der Waals surface area contributed by atoms with Gasteiger partial charge in [-0.25, -0.2) is 4.79 Å². The van der Waals surface area contributed by atoms with Crippen molar-refractivity contribution < 1.29 is 29.2 Å². The number of methoxy groups -OCH3 is 1. The molecule has 33 heavy (non-hydrogen) atoms. The first kappa shape index (κ1) is 21.3. The van der Waals surface area contributed by atoms with Gasteiger partial charge in [0.15, 0.2) is 11.5 Å². The van der Waals surface area contributed by atoms with Gasteiger partial charge in [0.25, 0.3) is 0 Å². The summed E-state index contributed by atoms with van der Waals surface area (Å²) in [5, 5.41) is 23.1. The number of aliphatic hydroxyl groups is 1. The van der Waals surface area contributed by atoms with E-state index < -0.39 is 23.2 Å². The summed E-state index contributed by atoms with van der Waals surface area (Å²) < 4.78 is 16.9. The average Bonchev–Trinajstić information content (AvgIpc) is 3.54. The molecule has 6 rings (SSSR count). The molecule has 2 bridgehead atoms. The molecule has 2 aliphatic heterocycles. The van der Waals surface area contributed by atoms with Gasteiger partial charge in [-0.3, -0.25) is 4.90 Å². The maximum Gasteiger partial charge on any atom is 0.409 e. The van der Waals surface area contributed by atoms with Crippen molar-refractivity contribution in [3.8, 4) is 11.5 Å². The third-order valence-electron chi connectivity index (χ3n) is 8.75. The number of amides is 1. The minimum absolute atomic E-state index is 0.0114. The van der Waals surface area contributed by atoms with E-state index in [1.54, 1.807) is 25.1 Å². The summed E-state index contributed by atoms with van der Waals surface area (Å²) in [6.07, 6.45) is 6.20. The highest BCUT2D eigenvalue weighted by atomic mass is 16.6. The Kier molecular flexibility index (Phi) is 4.74. The topological polar surface area (TPSA) is 91.7 Å². The van der Waals surface area contributed by atoms with E-state index in [1.165, 1.54) is 0 Å². The van der Waals surface area contributed by atoms with Crippen LogP contribution in [-0.2, 0) is 21.3 Å². The Morgan fingerprint density at radius 1 is 1.30 bits per heavy atom. The van der Waals surface area contributed by atoms with Gasteiger partial charge >= 0.3 is 6.09 Å². The molecular weight excluding hydrogens is 424 g/mol. The van der Waals surface area contributed by atoms with Crippen molar-refractivity contribution in [3.05, 3.63) is 35.4 Å². The normalized spacial score (nSPS) is 35.7. The van der Waals surface area contributed by atoms with Crippen LogP contribution in [0.25, 0.3) is 0 Å². The monoisotopic (exact) mass is 456 g/mol. The van der Waals surface area contributed by atoms with Gasteiger partial charge in [0.2, 0.25) is 0 Å². The average molecular weight is 457 g/mol. The summed E-state index contributed by atoms with van der Waals surface area (Å²) in [7, 11) is 3.31. The second-order valence-corrected chi connectivity index (χ2v) is 10.2. The lowest BCUT2D eigenvalue weighted by Crippen LogP contribution is -2.78. The van der Waals surface area contributed by atoms with Crippen LogP contribution in [0.2, 0.25) is 0 Å². The number of hydrogen-bond acceptors (Lipinski definition) is 7. The number of hydrogen-bond donors (Lipinski definition) is 2. The zero-order valence-corrected chi connectivity index (χ0v) is 19.2. The van der Waals surface area contributed by atoms with Gasteiger partial charge in [-0.15, -0.1) is 0 Å². The molecule has 2 heterocycles. The van der Waals surface area contributed by atoms with Crippen LogP contribution < -0.4 is 4.74 Å². The number of piperidine rings is 1. The summed E-state index contributed by atoms with van der Waals surface area (Å²) >= 11 is 0. The van der Waals surface area contributed by atoms with E-state index in [2.05, 4.69) is 17.1 Å². The smallest absolute Gasteiger partial charge is 0.409 e. The van der Waals surface area contributed by atoms with Gasteiger partial charge in [-0.05, 0) is 43.9 Å². The quantitative estimate of drug-likeness (QED) is 0.498. The SMILES string of the molecule is COCCOC(=O)N(C)[C@H]1CCC2(O)[C@H]3Cc4ccc(O)c5c4[C@@]2(CCN3CC2C=C2)[C@H]1O5. The molecule has 1 amide bonds. The summed E-state index contributed by atoms with van der Waals surface area (Å²) in [4.78, 5) is 16.9. The van der Waals surface area contributed by atoms with Gasteiger partial charge in [0, 0.05) is 38.2 Å². The van der Waals surface area contributed by atoms with Crippen LogP contribution in [0.5, 0.6) is 11.5 Å². The molecule has 8 nitrogen and oxygen atoms in total. The first-order valence-electron chi connectivity index (χ1n) is 12.0. The Morgan fingerprint density at radius 3 is 2.88 bits per heavy atom. The number of nitrogens with zero attached hydrogens (tertiary/aromatic N) is 2. The third-order valence-corrected chi connectivity index (χ3v) is 8.75. The van der Waals surface area contributed by atoms with Crippen molar-refractivity contribution in [1.82, 2.24) is 9.80 Å². The molecule has 1 aromatic carbocycles. The summed E-state index contributed by atoms with van der Waals surface area (Å²) in [5.74, 6) is 1.09. The van der Waals surface area contributed by atoms with Crippen LogP contribution >= 0.6 is 0 Å². The van der Waals surface area contributed by atoms with Crippen molar-refractivity contribution in [2.24, 2.45) is 5.92 Å². The molecule has 1 spiro atoms. The minimum atomic E-state index is -0.978. The summed E-state index contributed by atoms with van der Waals surface area (Å²) in [5.41, 5.74) is 0.464. The van der Waals surface area contributed by atoms with E-state index >= 15 is 0 Å². The highest BCUT2D eigenvalue weighted by molar-refractivity contribution is 5.69. The molecule has 1 saturated heterocycles.